The van der Waals surface area contributed by atoms with Crippen molar-refractivity contribution in [3.8, 4) is 0 Å². The van der Waals surface area contributed by atoms with Gasteiger partial charge in [0.25, 0.3) is 0 Å². The number of fused-ring (bicyclic) bond motifs is 1. The van der Waals surface area contributed by atoms with Gasteiger partial charge in [-0.15, -0.1) is 0 Å². The second kappa shape index (κ2) is 8.31. The number of H-pyrrole nitrogens is 1. The van der Waals surface area contributed by atoms with E-state index < -0.39 is 0 Å². The molecule has 140 valence electrons. The smallest absolute Gasteiger partial charge is 0.227 e. The van der Waals surface area contributed by atoms with Crippen LogP contribution >= 0.6 is 0 Å². The first kappa shape index (κ1) is 17.7. The van der Waals surface area contributed by atoms with Gasteiger partial charge in [0.15, 0.2) is 0 Å². The van der Waals surface area contributed by atoms with Gasteiger partial charge < -0.3 is 15.2 Å². The van der Waals surface area contributed by atoms with E-state index in [0.717, 1.165) is 54.6 Å². The van der Waals surface area contributed by atoms with E-state index in [1.165, 1.54) is 0 Å². The summed E-state index contributed by atoms with van der Waals surface area (Å²) in [6.07, 6.45) is 8.93. The molecule has 6 nitrogen and oxygen atoms in total. The highest BCUT2D eigenvalue weighted by Gasteiger charge is 2.25. The molecule has 0 bridgehead atoms. The third kappa shape index (κ3) is 4.17. The SMILES string of the molecule is O=C(Cc1c[nH]c2ncccc12)N(Cc1ccccn1)C1CCCNCC1. The predicted molar refractivity (Wildman–Crippen MR) is 105 cm³/mol. The second-order valence-electron chi connectivity index (χ2n) is 7.07. The molecule has 1 unspecified atom stereocenters. The zero-order valence-corrected chi connectivity index (χ0v) is 15.4. The van der Waals surface area contributed by atoms with Crippen molar-refractivity contribution in [2.75, 3.05) is 13.1 Å². The lowest BCUT2D eigenvalue weighted by atomic mass is 10.0. The molecule has 27 heavy (non-hydrogen) atoms. The monoisotopic (exact) mass is 363 g/mol. The number of aromatic amines is 1. The van der Waals surface area contributed by atoms with Crippen molar-refractivity contribution in [1.29, 1.82) is 0 Å². The molecule has 0 saturated carbocycles. The molecule has 1 aliphatic heterocycles. The molecule has 1 aliphatic rings. The Hall–Kier alpha value is -2.73. The average Bonchev–Trinajstić information content (AvgIpc) is 2.92. The number of carbonyl (C=O) groups excluding carboxylic acids is 1. The van der Waals surface area contributed by atoms with Crippen LogP contribution < -0.4 is 5.32 Å². The van der Waals surface area contributed by atoms with Crippen LogP contribution in [0.4, 0.5) is 0 Å². The van der Waals surface area contributed by atoms with Gasteiger partial charge in [0, 0.05) is 30.0 Å². The molecule has 0 aromatic carbocycles. The van der Waals surface area contributed by atoms with Gasteiger partial charge in [-0.3, -0.25) is 9.78 Å². The van der Waals surface area contributed by atoms with E-state index in [-0.39, 0.29) is 11.9 Å². The van der Waals surface area contributed by atoms with E-state index in [0.29, 0.717) is 13.0 Å². The summed E-state index contributed by atoms with van der Waals surface area (Å²) in [6.45, 7) is 2.54. The summed E-state index contributed by atoms with van der Waals surface area (Å²) in [5.74, 6) is 0.150. The number of amides is 1. The minimum absolute atomic E-state index is 0.150. The third-order valence-electron chi connectivity index (χ3n) is 5.24. The van der Waals surface area contributed by atoms with Crippen molar-refractivity contribution in [3.63, 3.8) is 0 Å². The van der Waals surface area contributed by atoms with E-state index in [4.69, 9.17) is 0 Å². The third-order valence-corrected chi connectivity index (χ3v) is 5.24. The fourth-order valence-corrected chi connectivity index (χ4v) is 3.82. The van der Waals surface area contributed by atoms with Gasteiger partial charge in [0.05, 0.1) is 18.7 Å². The Morgan fingerprint density at radius 2 is 2.04 bits per heavy atom. The Morgan fingerprint density at radius 1 is 1.11 bits per heavy atom. The average molecular weight is 363 g/mol. The maximum atomic E-state index is 13.3. The molecule has 1 atom stereocenters. The maximum Gasteiger partial charge on any atom is 0.227 e. The van der Waals surface area contributed by atoms with Gasteiger partial charge in [-0.1, -0.05) is 6.07 Å². The van der Waals surface area contributed by atoms with Gasteiger partial charge in [-0.05, 0) is 62.2 Å². The maximum absolute atomic E-state index is 13.3. The van der Waals surface area contributed by atoms with Crippen LogP contribution in [-0.2, 0) is 17.8 Å². The van der Waals surface area contributed by atoms with Crippen LogP contribution in [0.1, 0.15) is 30.5 Å². The fourth-order valence-electron chi connectivity index (χ4n) is 3.82. The number of pyridine rings is 2. The van der Waals surface area contributed by atoms with Gasteiger partial charge in [-0.25, -0.2) is 4.98 Å². The minimum Gasteiger partial charge on any atom is -0.346 e. The number of hydrogen-bond acceptors (Lipinski definition) is 4. The quantitative estimate of drug-likeness (QED) is 0.731. The Balaban J connectivity index is 1.57. The van der Waals surface area contributed by atoms with Crippen molar-refractivity contribution in [3.05, 3.63) is 60.2 Å². The first-order chi connectivity index (χ1) is 13.3. The lowest BCUT2D eigenvalue weighted by Gasteiger charge is -2.31. The molecule has 6 heteroatoms. The van der Waals surface area contributed by atoms with Crippen molar-refractivity contribution in [2.24, 2.45) is 0 Å². The molecule has 1 saturated heterocycles. The number of aromatic nitrogens is 3. The fraction of sp³-hybridized carbons (Fsp3) is 0.381. The molecular weight excluding hydrogens is 338 g/mol. The molecule has 1 fully saturated rings. The Labute approximate surface area is 159 Å². The number of hydrogen-bond donors (Lipinski definition) is 2. The summed E-state index contributed by atoms with van der Waals surface area (Å²) in [7, 11) is 0. The first-order valence-corrected chi connectivity index (χ1v) is 9.62. The van der Waals surface area contributed by atoms with Gasteiger partial charge in [0.2, 0.25) is 5.91 Å². The molecule has 3 aromatic rings. The first-order valence-electron chi connectivity index (χ1n) is 9.62. The van der Waals surface area contributed by atoms with Gasteiger partial charge >= 0.3 is 0 Å². The number of carbonyl (C=O) groups is 1. The number of rotatable bonds is 5. The molecule has 2 N–H and O–H groups in total. The Kier molecular flexibility index (Phi) is 5.44. The Bertz CT molecular complexity index is 884. The largest absolute Gasteiger partial charge is 0.346 e. The topological polar surface area (TPSA) is 73.9 Å². The van der Waals surface area contributed by atoms with Crippen LogP contribution in [0.3, 0.4) is 0 Å². The Morgan fingerprint density at radius 3 is 2.93 bits per heavy atom. The van der Waals surface area contributed by atoms with Crippen LogP contribution in [0.15, 0.2) is 48.9 Å². The summed E-state index contributed by atoms with van der Waals surface area (Å²) in [5, 5.41) is 4.46. The second-order valence-corrected chi connectivity index (χ2v) is 7.07. The number of nitrogens with one attached hydrogen (secondary N) is 2. The zero-order chi connectivity index (χ0) is 18.5. The standard InChI is InChI=1S/C21H25N5O/c27-20(13-16-14-25-21-19(16)7-4-11-24-21)26(15-17-5-1-2-10-23-17)18-6-3-9-22-12-8-18/h1-2,4-5,7,10-11,14,18,22H,3,6,8-9,12-13,15H2,(H,24,25). The van der Waals surface area contributed by atoms with Crippen LogP contribution in [0.25, 0.3) is 11.0 Å². The predicted octanol–water partition coefficient (Wildman–Crippen LogP) is 2.67. The normalized spacial score (nSPS) is 17.6. The molecule has 0 spiro atoms. The van der Waals surface area contributed by atoms with Gasteiger partial charge in [0.1, 0.15) is 5.65 Å². The summed E-state index contributed by atoms with van der Waals surface area (Å²) >= 11 is 0. The van der Waals surface area contributed by atoms with E-state index >= 15 is 0 Å². The minimum atomic E-state index is 0.150. The summed E-state index contributed by atoms with van der Waals surface area (Å²) in [5.41, 5.74) is 2.76. The van der Waals surface area contributed by atoms with E-state index in [2.05, 4.69) is 20.3 Å². The van der Waals surface area contributed by atoms with Crippen molar-refractivity contribution >= 4 is 16.9 Å². The summed E-state index contributed by atoms with van der Waals surface area (Å²) < 4.78 is 0. The molecule has 0 radical (unpaired) electrons. The molecule has 0 aliphatic carbocycles. The van der Waals surface area contributed by atoms with Crippen LogP contribution in [0.5, 0.6) is 0 Å². The van der Waals surface area contributed by atoms with Crippen molar-refractivity contribution < 1.29 is 4.79 Å². The van der Waals surface area contributed by atoms with Crippen molar-refractivity contribution in [2.45, 2.75) is 38.3 Å². The van der Waals surface area contributed by atoms with Gasteiger partial charge in [-0.2, -0.15) is 0 Å². The highest BCUT2D eigenvalue weighted by molar-refractivity contribution is 5.87. The zero-order valence-electron chi connectivity index (χ0n) is 15.4. The lowest BCUT2D eigenvalue weighted by molar-refractivity contribution is -0.133. The molecule has 1 amide bonds. The lowest BCUT2D eigenvalue weighted by Crippen LogP contribution is -2.41. The van der Waals surface area contributed by atoms with Crippen LogP contribution in [0, 0.1) is 0 Å². The highest BCUT2D eigenvalue weighted by Crippen LogP contribution is 2.21. The van der Waals surface area contributed by atoms with E-state index in [1.54, 1.807) is 12.4 Å². The number of nitrogens with zero attached hydrogens (tertiary/aromatic N) is 3. The molecule has 4 heterocycles. The summed E-state index contributed by atoms with van der Waals surface area (Å²) in [6, 6.07) is 10.0. The van der Waals surface area contributed by atoms with Crippen LogP contribution in [0.2, 0.25) is 0 Å². The molecular formula is C21H25N5O. The summed E-state index contributed by atoms with van der Waals surface area (Å²) in [4.78, 5) is 27.3. The van der Waals surface area contributed by atoms with Crippen molar-refractivity contribution in [1.82, 2.24) is 25.2 Å². The highest BCUT2D eigenvalue weighted by atomic mass is 16.2. The van der Waals surface area contributed by atoms with E-state index in [1.807, 2.05) is 41.4 Å². The molecule has 3 aromatic heterocycles. The molecule has 4 rings (SSSR count). The van der Waals surface area contributed by atoms with Crippen LogP contribution in [-0.4, -0.2) is 44.9 Å². The van der Waals surface area contributed by atoms with E-state index in [9.17, 15) is 4.79 Å².